The zero-order valence-electron chi connectivity index (χ0n) is 23.4. The summed E-state index contributed by atoms with van der Waals surface area (Å²) in [7, 11) is 3.18. The summed E-state index contributed by atoms with van der Waals surface area (Å²) < 4.78 is 24.7. The Morgan fingerprint density at radius 1 is 0.833 bits per heavy atom. The molecule has 2 unspecified atom stereocenters. The monoisotopic (exact) mass is 575 g/mol. The van der Waals surface area contributed by atoms with E-state index in [1.165, 1.54) is 13.1 Å². The third kappa shape index (κ3) is 5.60. The molecule has 1 aliphatic heterocycles. The smallest absolute Gasteiger partial charge is 0.330 e. The van der Waals surface area contributed by atoms with Crippen molar-refractivity contribution in [2.45, 2.75) is 37.3 Å². The van der Waals surface area contributed by atoms with Crippen LogP contribution in [0.4, 0.5) is 0 Å². The van der Waals surface area contributed by atoms with Gasteiger partial charge < -0.3 is 29.2 Å². The minimum atomic E-state index is -1.44. The average Bonchev–Trinajstić information content (AvgIpc) is 3.01. The highest BCUT2D eigenvalue weighted by Crippen LogP contribution is 2.42. The molecule has 0 amide bonds. The number of aliphatic hydroxyl groups excluding tert-OH is 2. The fourth-order valence-electron chi connectivity index (χ4n) is 5.10. The van der Waals surface area contributed by atoms with E-state index >= 15 is 0 Å². The van der Waals surface area contributed by atoms with Crippen molar-refractivity contribution in [3.05, 3.63) is 128 Å². The second-order valence-electron chi connectivity index (χ2n) is 9.92. The average molecular weight is 576 g/mol. The van der Waals surface area contributed by atoms with Crippen LogP contribution < -0.4 is 26.0 Å². The predicted molar refractivity (Wildman–Crippen MR) is 153 cm³/mol. The molecule has 0 aliphatic carbocycles. The largest absolute Gasteiger partial charge is 0.497 e. The van der Waals surface area contributed by atoms with Crippen LogP contribution in [0.3, 0.4) is 0 Å². The Balaban J connectivity index is 1.57. The number of ether oxygens (including phenoxy) is 4. The first-order chi connectivity index (χ1) is 20.3. The third-order valence-corrected chi connectivity index (χ3v) is 7.34. The van der Waals surface area contributed by atoms with Crippen LogP contribution in [0.25, 0.3) is 0 Å². The molecule has 0 radical (unpaired) electrons. The number of aromatic nitrogens is 2. The minimum Gasteiger partial charge on any atom is -0.497 e. The summed E-state index contributed by atoms with van der Waals surface area (Å²) in [6.07, 6.45) is -3.76. The van der Waals surface area contributed by atoms with Crippen molar-refractivity contribution in [1.29, 1.82) is 0 Å². The molecule has 1 fully saturated rings. The molecular formula is C31H33N3O8. The molecule has 42 heavy (non-hydrogen) atoms. The second-order valence-corrected chi connectivity index (χ2v) is 9.92. The van der Waals surface area contributed by atoms with Crippen LogP contribution in [0.5, 0.6) is 11.5 Å². The Morgan fingerprint density at radius 3 is 1.93 bits per heavy atom. The zero-order chi connectivity index (χ0) is 29.9. The number of nitrogens with one attached hydrogen (secondary N) is 2. The molecule has 4 aromatic rings. The van der Waals surface area contributed by atoms with Gasteiger partial charge in [-0.05, 0) is 47.9 Å². The number of nitrogens with zero attached hydrogens (tertiary/aromatic N) is 1. The van der Waals surface area contributed by atoms with Crippen LogP contribution in [0.2, 0.25) is 0 Å². The Kier molecular flexibility index (Phi) is 8.57. The fourth-order valence-corrected chi connectivity index (χ4v) is 5.10. The maximum absolute atomic E-state index is 12.6. The van der Waals surface area contributed by atoms with E-state index in [9.17, 15) is 19.8 Å². The number of hydrogen-bond donors (Lipinski definition) is 4. The van der Waals surface area contributed by atoms with Crippen LogP contribution in [0, 0.1) is 6.92 Å². The summed E-state index contributed by atoms with van der Waals surface area (Å²) in [4.78, 5) is 26.7. The molecule has 3 aromatic carbocycles. The lowest BCUT2D eigenvalue weighted by atomic mass is 9.80. The molecule has 1 saturated heterocycles. The first-order valence-electron chi connectivity index (χ1n) is 13.3. The lowest BCUT2D eigenvalue weighted by Crippen LogP contribution is -2.59. The summed E-state index contributed by atoms with van der Waals surface area (Å²) >= 11 is 0. The van der Waals surface area contributed by atoms with Gasteiger partial charge in [-0.1, -0.05) is 54.6 Å². The molecular weight excluding hydrogens is 542 g/mol. The number of aliphatic hydroxyl groups is 2. The van der Waals surface area contributed by atoms with Crippen molar-refractivity contribution < 1.29 is 29.2 Å². The number of methoxy groups -OCH3 is 2. The van der Waals surface area contributed by atoms with Gasteiger partial charge in [-0.15, -0.1) is 0 Å². The molecule has 0 bridgehead atoms. The third-order valence-electron chi connectivity index (χ3n) is 7.34. The van der Waals surface area contributed by atoms with Gasteiger partial charge in [0.1, 0.15) is 29.4 Å². The van der Waals surface area contributed by atoms with Crippen molar-refractivity contribution in [2.24, 2.45) is 0 Å². The normalized spacial score (nSPS) is 20.7. The van der Waals surface area contributed by atoms with E-state index in [0.29, 0.717) is 11.5 Å². The van der Waals surface area contributed by atoms with Gasteiger partial charge in [-0.2, -0.15) is 0 Å². The predicted octanol–water partition coefficient (Wildman–Crippen LogP) is 1.99. The lowest BCUT2D eigenvalue weighted by Gasteiger charge is -2.41. The number of aryl methyl sites for hydroxylation is 1. The van der Waals surface area contributed by atoms with Gasteiger partial charge in [-0.25, -0.2) is 4.79 Å². The Morgan fingerprint density at radius 2 is 1.38 bits per heavy atom. The molecule has 5 rings (SSSR count). The quantitative estimate of drug-likeness (QED) is 0.220. The van der Waals surface area contributed by atoms with Gasteiger partial charge in [0.25, 0.3) is 5.56 Å². The van der Waals surface area contributed by atoms with Crippen molar-refractivity contribution in [3.63, 3.8) is 0 Å². The number of morpholine rings is 1. The van der Waals surface area contributed by atoms with E-state index in [1.54, 1.807) is 14.2 Å². The van der Waals surface area contributed by atoms with E-state index in [2.05, 4.69) is 10.3 Å². The molecule has 220 valence electrons. The Bertz CT molecular complexity index is 1560. The minimum absolute atomic E-state index is 0.165. The van der Waals surface area contributed by atoms with E-state index in [4.69, 9.17) is 18.9 Å². The van der Waals surface area contributed by atoms with Crippen LogP contribution >= 0.6 is 0 Å². The van der Waals surface area contributed by atoms with Crippen molar-refractivity contribution in [1.82, 2.24) is 14.9 Å². The fraction of sp³-hybridized carbons (Fsp3) is 0.290. The maximum Gasteiger partial charge on any atom is 0.330 e. The van der Waals surface area contributed by atoms with E-state index in [-0.39, 0.29) is 12.2 Å². The van der Waals surface area contributed by atoms with Gasteiger partial charge >= 0.3 is 5.69 Å². The summed E-state index contributed by atoms with van der Waals surface area (Å²) in [5.74, 6) is 1.34. The number of benzene rings is 3. The molecule has 0 spiro atoms. The number of hydrogen-bond acceptors (Lipinski definition) is 9. The highest BCUT2D eigenvalue weighted by atomic mass is 16.6. The first-order valence-corrected chi connectivity index (χ1v) is 13.3. The highest BCUT2D eigenvalue weighted by molar-refractivity contribution is 5.49. The van der Waals surface area contributed by atoms with E-state index in [1.807, 2.05) is 78.9 Å². The molecule has 11 nitrogen and oxygen atoms in total. The molecule has 4 N–H and O–H groups in total. The topological polar surface area (TPSA) is 144 Å². The Hall–Kier alpha value is -4.26. The van der Waals surface area contributed by atoms with Crippen LogP contribution in [-0.2, 0) is 15.1 Å². The van der Waals surface area contributed by atoms with E-state index < -0.39 is 41.6 Å². The second kappa shape index (κ2) is 12.3. The summed E-state index contributed by atoms with van der Waals surface area (Å²) in [5, 5.41) is 24.2. The summed E-state index contributed by atoms with van der Waals surface area (Å²) in [6, 6.07) is 24.6. The van der Waals surface area contributed by atoms with Gasteiger partial charge in [0.15, 0.2) is 12.5 Å². The first kappa shape index (κ1) is 29.2. The molecule has 1 aliphatic rings. The van der Waals surface area contributed by atoms with Crippen molar-refractivity contribution in [2.75, 3.05) is 20.8 Å². The zero-order valence-corrected chi connectivity index (χ0v) is 23.4. The highest BCUT2D eigenvalue weighted by Gasteiger charge is 2.42. The van der Waals surface area contributed by atoms with Gasteiger partial charge in [-0.3, -0.25) is 19.7 Å². The molecule has 0 saturated carbocycles. The Labute approximate surface area is 241 Å². The number of aromatic amines is 1. The van der Waals surface area contributed by atoms with Crippen LogP contribution in [0.1, 0.15) is 28.5 Å². The van der Waals surface area contributed by atoms with Gasteiger partial charge in [0, 0.05) is 11.8 Å². The lowest BCUT2D eigenvalue weighted by molar-refractivity contribution is -0.234. The molecule has 2 heterocycles. The summed E-state index contributed by atoms with van der Waals surface area (Å²) in [5.41, 5.74) is 0.140. The van der Waals surface area contributed by atoms with Crippen molar-refractivity contribution >= 4 is 0 Å². The van der Waals surface area contributed by atoms with Crippen LogP contribution in [0.15, 0.2) is 94.6 Å². The number of rotatable bonds is 9. The van der Waals surface area contributed by atoms with Gasteiger partial charge in [0.05, 0.1) is 20.8 Å². The van der Waals surface area contributed by atoms with Crippen LogP contribution in [-0.4, -0.2) is 59.2 Å². The standard InChI is InChI=1S/C31H33N3O8/c1-19-17-34(30(38)33-26(19)35)29-28(37)32-27(36)25(42-29)18-41-31(20-7-5-4-6-8-20,21-9-13-23(39-2)14-10-21)22-11-15-24(40-3)16-12-22/h4-17,25,27-29,32,36-37H,18H2,1-3H3,(H,33,35,38)/t25-,27?,28?,29-/m1/s1. The van der Waals surface area contributed by atoms with Gasteiger partial charge in [0.2, 0.25) is 0 Å². The molecule has 11 heteroatoms. The van der Waals surface area contributed by atoms with Crippen molar-refractivity contribution in [3.8, 4) is 11.5 Å². The maximum atomic E-state index is 12.6. The molecule has 1 aromatic heterocycles. The van der Waals surface area contributed by atoms with E-state index in [0.717, 1.165) is 21.3 Å². The SMILES string of the molecule is COc1ccc(C(OC[C@H]2O[C@@H](n3cc(C)c(=O)[nH]c3=O)C(O)NC2O)(c2ccccc2)c2ccc(OC)cc2)cc1. The molecule has 4 atom stereocenters. The summed E-state index contributed by atoms with van der Waals surface area (Å²) in [6.45, 7) is 1.37. The number of H-pyrrole nitrogens is 1.